The molecule has 2 amide bonds. The highest BCUT2D eigenvalue weighted by atomic mass is 32.2. The van der Waals surface area contributed by atoms with Crippen molar-refractivity contribution in [3.05, 3.63) is 77.2 Å². The van der Waals surface area contributed by atoms with E-state index in [1.165, 1.54) is 16.7 Å². The van der Waals surface area contributed by atoms with E-state index in [0.717, 1.165) is 11.1 Å². The highest BCUT2D eigenvalue weighted by Crippen LogP contribution is 2.40. The number of thioether (sulfide) groups is 1. The van der Waals surface area contributed by atoms with Crippen LogP contribution >= 0.6 is 11.8 Å². The van der Waals surface area contributed by atoms with E-state index in [1.54, 1.807) is 31.4 Å². The average molecular weight is 455 g/mol. The van der Waals surface area contributed by atoms with Gasteiger partial charge in [0.05, 0.1) is 19.3 Å². The van der Waals surface area contributed by atoms with Gasteiger partial charge in [-0.2, -0.15) is 0 Å². The molecule has 2 aromatic carbocycles. The largest absolute Gasteiger partial charge is 0.509 e. The molecular formula is C23H22N2O6S. The Kier molecular flexibility index (Phi) is 6.36. The summed E-state index contributed by atoms with van der Waals surface area (Å²) in [5.41, 5.74) is 1.41. The Morgan fingerprint density at radius 3 is 2.53 bits per heavy atom. The van der Waals surface area contributed by atoms with Crippen LogP contribution in [0.25, 0.3) is 0 Å². The molecule has 1 saturated heterocycles. The number of carbonyl (C=O) groups excluding carboxylic acids is 3. The van der Waals surface area contributed by atoms with Crippen LogP contribution in [0.3, 0.4) is 0 Å². The van der Waals surface area contributed by atoms with Crippen molar-refractivity contribution in [2.24, 2.45) is 0 Å². The van der Waals surface area contributed by atoms with Gasteiger partial charge >= 0.3 is 5.97 Å². The van der Waals surface area contributed by atoms with Crippen molar-refractivity contribution in [2.45, 2.75) is 24.4 Å². The first-order chi connectivity index (χ1) is 15.5. The van der Waals surface area contributed by atoms with Gasteiger partial charge in [-0.1, -0.05) is 42.5 Å². The van der Waals surface area contributed by atoms with Crippen LogP contribution in [0.4, 0.5) is 0 Å². The molecule has 8 nitrogen and oxygen atoms in total. The molecule has 9 heteroatoms. The Morgan fingerprint density at radius 1 is 1.12 bits per heavy atom. The maximum absolute atomic E-state index is 12.7. The Labute approximate surface area is 189 Å². The van der Waals surface area contributed by atoms with Gasteiger partial charge in [-0.15, -0.1) is 11.8 Å². The van der Waals surface area contributed by atoms with E-state index in [-0.39, 0.29) is 36.1 Å². The highest BCUT2D eigenvalue weighted by molar-refractivity contribution is 8.00. The number of methoxy groups -OCH3 is 1. The van der Waals surface area contributed by atoms with Crippen molar-refractivity contribution in [2.75, 3.05) is 12.9 Å². The quantitative estimate of drug-likeness (QED) is 0.488. The van der Waals surface area contributed by atoms with Crippen molar-refractivity contribution in [1.29, 1.82) is 0 Å². The number of hydrogen-bond acceptors (Lipinski definition) is 7. The van der Waals surface area contributed by atoms with Crippen LogP contribution in [-0.2, 0) is 32.1 Å². The number of ether oxygens (including phenoxy) is 2. The van der Waals surface area contributed by atoms with Gasteiger partial charge < -0.3 is 19.9 Å². The van der Waals surface area contributed by atoms with E-state index in [9.17, 15) is 19.5 Å². The molecule has 2 atom stereocenters. The van der Waals surface area contributed by atoms with Crippen molar-refractivity contribution in [3.63, 3.8) is 0 Å². The number of hydrogen-bond donors (Lipinski definition) is 2. The first-order valence-corrected chi connectivity index (χ1v) is 11.0. The number of carbonyl (C=O) groups is 3. The van der Waals surface area contributed by atoms with Crippen LogP contribution in [0.15, 0.2) is 66.1 Å². The lowest BCUT2D eigenvalue weighted by molar-refractivity contribution is -0.153. The zero-order valence-electron chi connectivity index (χ0n) is 17.3. The van der Waals surface area contributed by atoms with Crippen molar-refractivity contribution >= 4 is 29.5 Å². The Balaban J connectivity index is 1.37. The molecule has 0 spiro atoms. The minimum Gasteiger partial charge on any atom is -0.509 e. The Hall–Kier alpha value is -3.46. The van der Waals surface area contributed by atoms with Gasteiger partial charge in [0.1, 0.15) is 29.5 Å². The monoisotopic (exact) mass is 454 g/mol. The molecule has 1 fully saturated rings. The highest BCUT2D eigenvalue weighted by Gasteiger charge is 2.54. The third-order valence-electron chi connectivity index (χ3n) is 5.19. The predicted molar refractivity (Wildman–Crippen MR) is 118 cm³/mol. The van der Waals surface area contributed by atoms with Crippen LogP contribution < -0.4 is 10.1 Å². The fourth-order valence-electron chi connectivity index (χ4n) is 3.54. The second-order valence-corrected chi connectivity index (χ2v) is 8.44. The van der Waals surface area contributed by atoms with Crippen LogP contribution in [0.1, 0.15) is 11.1 Å². The maximum atomic E-state index is 12.7. The summed E-state index contributed by atoms with van der Waals surface area (Å²) in [4.78, 5) is 38.9. The second-order valence-electron chi connectivity index (χ2n) is 7.34. The average Bonchev–Trinajstić information content (AvgIpc) is 2.81. The summed E-state index contributed by atoms with van der Waals surface area (Å²) in [6, 6.07) is 15.5. The van der Waals surface area contributed by atoms with Crippen LogP contribution in [0.5, 0.6) is 5.75 Å². The van der Waals surface area contributed by atoms with Gasteiger partial charge in [0.2, 0.25) is 5.91 Å². The molecule has 0 radical (unpaired) electrons. The summed E-state index contributed by atoms with van der Waals surface area (Å²) in [6.45, 7) is -0.0172. The van der Waals surface area contributed by atoms with E-state index in [4.69, 9.17) is 9.47 Å². The summed E-state index contributed by atoms with van der Waals surface area (Å²) < 4.78 is 10.4. The molecule has 2 heterocycles. The fraction of sp³-hybridized carbons (Fsp3) is 0.261. The fourth-order valence-corrected chi connectivity index (χ4v) is 4.74. The van der Waals surface area contributed by atoms with Crippen molar-refractivity contribution < 1.29 is 29.0 Å². The molecule has 2 aliphatic rings. The normalized spacial score (nSPS) is 19.7. The molecule has 0 aromatic heterocycles. The van der Waals surface area contributed by atoms with Gasteiger partial charge in [-0.3, -0.25) is 14.5 Å². The van der Waals surface area contributed by atoms with E-state index >= 15 is 0 Å². The number of aliphatic hydroxyl groups excluding tert-OH is 1. The van der Waals surface area contributed by atoms with Gasteiger partial charge in [0.15, 0.2) is 5.70 Å². The maximum Gasteiger partial charge on any atom is 0.358 e. The summed E-state index contributed by atoms with van der Waals surface area (Å²) >= 11 is 1.28. The van der Waals surface area contributed by atoms with Gasteiger partial charge in [0, 0.05) is 0 Å². The molecule has 0 saturated carbocycles. The lowest BCUT2D eigenvalue weighted by atomic mass is 10.0. The lowest BCUT2D eigenvalue weighted by Crippen LogP contribution is -2.70. The standard InChI is InChI=1S/C23H22N2O6S/c1-30-16-9-7-15(8-10-16)12-31-23(29)20-17(26)13-32-22-19(21(28)25(20)22)24-18(27)11-14-5-3-2-4-6-14/h2-10,19,22,26H,11-13H2,1H3,(H,24,27)/t19?,22-/m1/s1. The number of aliphatic hydroxyl groups is 1. The van der Waals surface area contributed by atoms with Crippen molar-refractivity contribution in [3.8, 4) is 5.75 Å². The number of esters is 1. The van der Waals surface area contributed by atoms with Crippen LogP contribution in [0, 0.1) is 0 Å². The number of amides is 2. The second kappa shape index (κ2) is 9.35. The lowest BCUT2D eigenvalue weighted by Gasteiger charge is -2.48. The number of benzene rings is 2. The van der Waals surface area contributed by atoms with E-state index in [0.29, 0.717) is 5.75 Å². The first kappa shape index (κ1) is 21.8. The third kappa shape index (κ3) is 4.43. The minimum atomic E-state index is -0.786. The van der Waals surface area contributed by atoms with Crippen LogP contribution in [-0.4, -0.2) is 52.1 Å². The molecule has 166 valence electrons. The summed E-state index contributed by atoms with van der Waals surface area (Å²) in [5, 5.41) is 12.5. The number of β-lactam (4-membered cyclic amide) rings is 1. The molecule has 2 aromatic rings. The Bertz CT molecular complexity index is 1050. The van der Waals surface area contributed by atoms with Crippen LogP contribution in [0.2, 0.25) is 0 Å². The molecule has 2 N–H and O–H groups in total. The van der Waals surface area contributed by atoms with Gasteiger partial charge in [-0.05, 0) is 23.3 Å². The molecule has 0 bridgehead atoms. The van der Waals surface area contributed by atoms with Gasteiger partial charge in [-0.25, -0.2) is 4.79 Å². The van der Waals surface area contributed by atoms with E-state index < -0.39 is 23.3 Å². The zero-order valence-corrected chi connectivity index (χ0v) is 18.1. The third-order valence-corrected chi connectivity index (χ3v) is 6.46. The molecule has 32 heavy (non-hydrogen) atoms. The number of fused-ring (bicyclic) bond motifs is 1. The smallest absolute Gasteiger partial charge is 0.358 e. The number of rotatable bonds is 7. The summed E-state index contributed by atoms with van der Waals surface area (Å²) in [6.07, 6.45) is 0.153. The Morgan fingerprint density at radius 2 is 1.84 bits per heavy atom. The van der Waals surface area contributed by atoms with E-state index in [1.807, 2.05) is 30.3 Å². The van der Waals surface area contributed by atoms with Crippen molar-refractivity contribution in [1.82, 2.24) is 10.2 Å². The molecule has 2 aliphatic heterocycles. The van der Waals surface area contributed by atoms with Gasteiger partial charge in [0.25, 0.3) is 5.91 Å². The zero-order chi connectivity index (χ0) is 22.7. The molecule has 4 rings (SSSR count). The molecule has 1 unspecified atom stereocenters. The SMILES string of the molecule is COc1ccc(COC(=O)C2=C(O)CS[C@@H]3C(NC(=O)Cc4ccccc4)C(=O)N23)cc1. The minimum absolute atomic E-state index is 0.0172. The predicted octanol–water partition coefficient (Wildman–Crippen LogP) is 2.15. The summed E-state index contributed by atoms with van der Waals surface area (Å²) in [5.74, 6) is -0.908. The first-order valence-electron chi connectivity index (χ1n) is 9.98. The molecular weight excluding hydrogens is 432 g/mol. The number of nitrogens with zero attached hydrogens (tertiary/aromatic N) is 1. The molecule has 0 aliphatic carbocycles. The topological polar surface area (TPSA) is 105 Å². The van der Waals surface area contributed by atoms with E-state index in [2.05, 4.69) is 5.32 Å². The number of nitrogens with one attached hydrogen (secondary N) is 1. The summed E-state index contributed by atoms with van der Waals surface area (Å²) in [7, 11) is 1.56.